The zero-order chi connectivity index (χ0) is 10.4. The maximum atomic E-state index is 11.8. The van der Waals surface area contributed by atoms with Crippen LogP contribution in [0, 0.1) is 5.41 Å². The van der Waals surface area contributed by atoms with E-state index >= 15 is 0 Å². The first-order valence-electron chi connectivity index (χ1n) is 5.11. The van der Waals surface area contributed by atoms with E-state index in [1.165, 1.54) is 0 Å². The van der Waals surface area contributed by atoms with E-state index in [0.717, 1.165) is 19.4 Å². The standard InChI is InChI=1S/C11H18O3/c1-3-6-11(10(12)14-4-2)7-5-8-13-9-11/h3H,1,4-9H2,2H3. The van der Waals surface area contributed by atoms with E-state index in [0.29, 0.717) is 19.6 Å². The summed E-state index contributed by atoms with van der Waals surface area (Å²) in [5.41, 5.74) is -0.462. The zero-order valence-electron chi connectivity index (χ0n) is 8.75. The zero-order valence-corrected chi connectivity index (χ0v) is 8.75. The lowest BCUT2D eigenvalue weighted by Gasteiger charge is -2.33. The van der Waals surface area contributed by atoms with Crippen LogP contribution in [0.2, 0.25) is 0 Å². The summed E-state index contributed by atoms with van der Waals surface area (Å²) in [6.07, 6.45) is 4.18. The number of rotatable bonds is 4. The fraction of sp³-hybridized carbons (Fsp3) is 0.727. The molecule has 0 spiro atoms. The third kappa shape index (κ3) is 2.35. The summed E-state index contributed by atoms with van der Waals surface area (Å²) < 4.78 is 10.4. The lowest BCUT2D eigenvalue weighted by molar-refractivity contribution is -0.163. The van der Waals surface area contributed by atoms with Crippen LogP contribution in [-0.2, 0) is 14.3 Å². The second-order valence-electron chi connectivity index (χ2n) is 3.65. The van der Waals surface area contributed by atoms with Crippen LogP contribution in [0.3, 0.4) is 0 Å². The molecule has 0 aromatic rings. The van der Waals surface area contributed by atoms with Gasteiger partial charge in [0.25, 0.3) is 0 Å². The van der Waals surface area contributed by atoms with Crippen LogP contribution >= 0.6 is 0 Å². The minimum absolute atomic E-state index is 0.139. The molecule has 1 unspecified atom stereocenters. The molecule has 1 rings (SSSR count). The molecule has 3 nitrogen and oxygen atoms in total. The Labute approximate surface area is 85.1 Å². The van der Waals surface area contributed by atoms with E-state index in [-0.39, 0.29) is 5.97 Å². The molecule has 80 valence electrons. The van der Waals surface area contributed by atoms with Gasteiger partial charge in [-0.15, -0.1) is 6.58 Å². The second kappa shape index (κ2) is 5.15. The lowest BCUT2D eigenvalue weighted by atomic mass is 9.79. The van der Waals surface area contributed by atoms with Gasteiger partial charge in [0.05, 0.1) is 18.6 Å². The SMILES string of the molecule is C=CCC1(C(=O)OCC)CCCOC1. The van der Waals surface area contributed by atoms with Crippen molar-refractivity contribution in [3.63, 3.8) is 0 Å². The topological polar surface area (TPSA) is 35.5 Å². The molecule has 1 fully saturated rings. The fourth-order valence-corrected chi connectivity index (χ4v) is 1.82. The molecule has 1 aliphatic heterocycles. The predicted octanol–water partition coefficient (Wildman–Crippen LogP) is 1.92. The summed E-state index contributed by atoms with van der Waals surface area (Å²) in [6, 6.07) is 0. The van der Waals surface area contributed by atoms with Crippen LogP contribution in [0.4, 0.5) is 0 Å². The van der Waals surface area contributed by atoms with E-state index in [1.54, 1.807) is 6.08 Å². The summed E-state index contributed by atoms with van der Waals surface area (Å²) in [5.74, 6) is -0.139. The van der Waals surface area contributed by atoms with Gasteiger partial charge in [-0.2, -0.15) is 0 Å². The van der Waals surface area contributed by atoms with Crippen molar-refractivity contribution in [1.82, 2.24) is 0 Å². The van der Waals surface area contributed by atoms with Gasteiger partial charge in [0.1, 0.15) is 0 Å². The Balaban J connectivity index is 2.68. The smallest absolute Gasteiger partial charge is 0.314 e. The van der Waals surface area contributed by atoms with Crippen LogP contribution < -0.4 is 0 Å². The van der Waals surface area contributed by atoms with E-state index in [2.05, 4.69) is 6.58 Å². The van der Waals surface area contributed by atoms with Gasteiger partial charge >= 0.3 is 5.97 Å². The summed E-state index contributed by atoms with van der Waals surface area (Å²) in [4.78, 5) is 11.8. The second-order valence-corrected chi connectivity index (χ2v) is 3.65. The molecule has 0 saturated carbocycles. The number of allylic oxidation sites excluding steroid dienone is 1. The van der Waals surface area contributed by atoms with Crippen molar-refractivity contribution in [2.45, 2.75) is 26.2 Å². The molecule has 1 atom stereocenters. The van der Waals surface area contributed by atoms with Gasteiger partial charge in [0, 0.05) is 6.61 Å². The average Bonchev–Trinajstić information content (AvgIpc) is 2.20. The molecular formula is C11H18O3. The van der Waals surface area contributed by atoms with Crippen molar-refractivity contribution >= 4 is 5.97 Å². The number of hydrogen-bond donors (Lipinski definition) is 0. The van der Waals surface area contributed by atoms with Crippen LogP contribution in [0.15, 0.2) is 12.7 Å². The van der Waals surface area contributed by atoms with Crippen molar-refractivity contribution in [3.05, 3.63) is 12.7 Å². The maximum absolute atomic E-state index is 11.8. The molecule has 0 radical (unpaired) electrons. The number of hydrogen-bond acceptors (Lipinski definition) is 3. The van der Waals surface area contributed by atoms with Gasteiger partial charge in [-0.1, -0.05) is 6.08 Å². The molecule has 0 aliphatic carbocycles. The lowest BCUT2D eigenvalue weighted by Crippen LogP contribution is -2.40. The van der Waals surface area contributed by atoms with Crippen LogP contribution in [0.25, 0.3) is 0 Å². The van der Waals surface area contributed by atoms with Crippen molar-refractivity contribution in [3.8, 4) is 0 Å². The van der Waals surface area contributed by atoms with Gasteiger partial charge in [0.2, 0.25) is 0 Å². The fourth-order valence-electron chi connectivity index (χ4n) is 1.82. The first-order chi connectivity index (χ1) is 6.75. The first kappa shape index (κ1) is 11.2. The summed E-state index contributed by atoms with van der Waals surface area (Å²) in [6.45, 7) is 7.15. The highest BCUT2D eigenvalue weighted by Crippen LogP contribution is 2.34. The van der Waals surface area contributed by atoms with Crippen LogP contribution in [0.5, 0.6) is 0 Å². The Bertz CT molecular complexity index is 205. The quantitative estimate of drug-likeness (QED) is 0.511. The van der Waals surface area contributed by atoms with Crippen LogP contribution in [-0.4, -0.2) is 25.8 Å². The highest BCUT2D eigenvalue weighted by Gasteiger charge is 2.40. The molecule has 1 aliphatic rings. The van der Waals surface area contributed by atoms with E-state index in [1.807, 2.05) is 6.92 Å². The predicted molar refractivity (Wildman–Crippen MR) is 53.9 cm³/mol. The summed E-state index contributed by atoms with van der Waals surface area (Å²) in [5, 5.41) is 0. The molecule has 0 bridgehead atoms. The van der Waals surface area contributed by atoms with Gasteiger partial charge in [-0.05, 0) is 26.2 Å². The Morgan fingerprint density at radius 3 is 3.00 bits per heavy atom. The minimum Gasteiger partial charge on any atom is -0.465 e. The molecule has 3 heteroatoms. The molecule has 0 N–H and O–H groups in total. The van der Waals surface area contributed by atoms with Crippen LogP contribution in [0.1, 0.15) is 26.2 Å². The Kier molecular flexibility index (Phi) is 4.14. The van der Waals surface area contributed by atoms with Crippen molar-refractivity contribution in [2.24, 2.45) is 5.41 Å². The van der Waals surface area contributed by atoms with Gasteiger partial charge in [0.15, 0.2) is 0 Å². The van der Waals surface area contributed by atoms with Crippen molar-refractivity contribution < 1.29 is 14.3 Å². The third-order valence-electron chi connectivity index (χ3n) is 2.57. The highest BCUT2D eigenvalue weighted by atomic mass is 16.5. The Morgan fingerprint density at radius 1 is 1.71 bits per heavy atom. The average molecular weight is 198 g/mol. The van der Waals surface area contributed by atoms with Crippen molar-refractivity contribution in [1.29, 1.82) is 0 Å². The monoisotopic (exact) mass is 198 g/mol. The first-order valence-corrected chi connectivity index (χ1v) is 5.11. The van der Waals surface area contributed by atoms with Gasteiger partial charge in [-0.3, -0.25) is 4.79 Å². The molecule has 14 heavy (non-hydrogen) atoms. The third-order valence-corrected chi connectivity index (χ3v) is 2.57. The molecule has 0 aromatic carbocycles. The van der Waals surface area contributed by atoms with Crippen molar-refractivity contribution in [2.75, 3.05) is 19.8 Å². The molecule has 0 aromatic heterocycles. The molecule has 1 heterocycles. The highest BCUT2D eigenvalue weighted by molar-refractivity contribution is 5.77. The maximum Gasteiger partial charge on any atom is 0.314 e. The minimum atomic E-state index is -0.462. The molecule has 0 amide bonds. The largest absolute Gasteiger partial charge is 0.465 e. The molecule has 1 saturated heterocycles. The number of ether oxygens (including phenoxy) is 2. The van der Waals surface area contributed by atoms with E-state index < -0.39 is 5.41 Å². The Hall–Kier alpha value is -0.830. The number of carbonyl (C=O) groups excluding carboxylic acids is 1. The normalized spacial score (nSPS) is 26.9. The molecular weight excluding hydrogens is 180 g/mol. The number of esters is 1. The summed E-state index contributed by atoms with van der Waals surface area (Å²) in [7, 11) is 0. The number of carbonyl (C=O) groups is 1. The van der Waals surface area contributed by atoms with Gasteiger partial charge < -0.3 is 9.47 Å². The van der Waals surface area contributed by atoms with Gasteiger partial charge in [-0.25, -0.2) is 0 Å². The van der Waals surface area contributed by atoms with E-state index in [4.69, 9.17) is 9.47 Å². The Morgan fingerprint density at radius 2 is 2.50 bits per heavy atom. The van der Waals surface area contributed by atoms with E-state index in [9.17, 15) is 4.79 Å². The summed E-state index contributed by atoms with van der Waals surface area (Å²) >= 11 is 0.